The first-order chi connectivity index (χ1) is 8.08. The van der Waals surface area contributed by atoms with Crippen LogP contribution in [0.25, 0.3) is 0 Å². The number of carbonyl (C=O) groups is 1. The maximum absolute atomic E-state index is 13.0. The van der Waals surface area contributed by atoms with E-state index in [-0.39, 0.29) is 23.3 Å². The average Bonchev–Trinajstić information content (AvgIpc) is 2.31. The predicted octanol–water partition coefficient (Wildman–Crippen LogP) is 1.09. The highest BCUT2D eigenvalue weighted by molar-refractivity contribution is 5.96. The summed E-state index contributed by atoms with van der Waals surface area (Å²) in [5, 5.41) is 9.56. The second-order valence-corrected chi connectivity index (χ2v) is 4.31. The lowest BCUT2D eigenvalue weighted by atomic mass is 10.0. The molecule has 17 heavy (non-hydrogen) atoms. The molecule has 0 saturated carbocycles. The first-order valence-electron chi connectivity index (χ1n) is 5.61. The lowest BCUT2D eigenvalue weighted by molar-refractivity contribution is 0.0705. The molecule has 0 spiro atoms. The van der Waals surface area contributed by atoms with Gasteiger partial charge in [0, 0.05) is 19.1 Å². The van der Waals surface area contributed by atoms with Crippen LogP contribution in [0.5, 0.6) is 5.75 Å². The zero-order chi connectivity index (χ0) is 12.4. The Morgan fingerprint density at radius 3 is 3.00 bits per heavy atom. The van der Waals surface area contributed by atoms with E-state index >= 15 is 0 Å². The highest BCUT2D eigenvalue weighted by Crippen LogP contribution is 2.21. The van der Waals surface area contributed by atoms with Crippen LogP contribution in [0.4, 0.5) is 4.39 Å². The quantitative estimate of drug-likeness (QED) is 0.769. The number of phenols is 1. The fraction of sp³-hybridized carbons (Fsp3) is 0.417. The van der Waals surface area contributed by atoms with Gasteiger partial charge >= 0.3 is 0 Å². The van der Waals surface area contributed by atoms with E-state index in [1.807, 2.05) is 0 Å². The molecule has 1 saturated heterocycles. The number of aromatic hydroxyl groups is 1. The lowest BCUT2D eigenvalue weighted by Crippen LogP contribution is -2.45. The van der Waals surface area contributed by atoms with E-state index < -0.39 is 5.82 Å². The van der Waals surface area contributed by atoms with Gasteiger partial charge in [-0.05, 0) is 31.0 Å². The van der Waals surface area contributed by atoms with Crippen molar-refractivity contribution in [3.05, 3.63) is 29.6 Å². The zero-order valence-electron chi connectivity index (χ0n) is 9.40. The molecule has 1 heterocycles. The van der Waals surface area contributed by atoms with Crippen molar-refractivity contribution in [2.75, 3.05) is 13.1 Å². The van der Waals surface area contributed by atoms with Crippen molar-refractivity contribution in [1.29, 1.82) is 0 Å². The third kappa shape index (κ3) is 2.55. The molecule has 1 fully saturated rings. The highest BCUT2D eigenvalue weighted by Gasteiger charge is 2.24. The molecular formula is C12H15FN2O2. The molecule has 1 aromatic carbocycles. The number of nitrogens with zero attached hydrogens (tertiary/aromatic N) is 1. The SMILES string of the molecule is NC1CCCN(C(=O)c2cc(F)ccc2O)C1. The molecule has 92 valence electrons. The number of halogens is 1. The number of carbonyl (C=O) groups excluding carboxylic acids is 1. The third-order valence-electron chi connectivity index (χ3n) is 2.93. The first kappa shape index (κ1) is 11.9. The van der Waals surface area contributed by atoms with E-state index in [1.54, 1.807) is 4.90 Å². The summed E-state index contributed by atoms with van der Waals surface area (Å²) in [5.74, 6) is -1.10. The molecule has 0 radical (unpaired) electrons. The van der Waals surface area contributed by atoms with Gasteiger partial charge in [0.25, 0.3) is 5.91 Å². The number of piperidine rings is 1. The fourth-order valence-corrected chi connectivity index (χ4v) is 2.04. The Balaban J connectivity index is 2.21. The minimum absolute atomic E-state index is 0.000833. The minimum Gasteiger partial charge on any atom is -0.507 e. The molecule has 0 aromatic heterocycles. The second-order valence-electron chi connectivity index (χ2n) is 4.31. The number of phenolic OH excluding ortho intramolecular Hbond substituents is 1. The molecule has 1 unspecified atom stereocenters. The summed E-state index contributed by atoms with van der Waals surface area (Å²) in [6.07, 6.45) is 1.72. The van der Waals surface area contributed by atoms with Crippen LogP contribution in [0.3, 0.4) is 0 Å². The molecule has 1 aromatic rings. The molecule has 1 aliphatic rings. The van der Waals surface area contributed by atoms with Crippen LogP contribution in [0.2, 0.25) is 0 Å². The van der Waals surface area contributed by atoms with E-state index in [4.69, 9.17) is 5.73 Å². The Morgan fingerprint density at radius 1 is 1.53 bits per heavy atom. The Kier molecular flexibility index (Phi) is 3.28. The number of benzene rings is 1. The molecule has 0 aliphatic carbocycles. The number of likely N-dealkylation sites (tertiary alicyclic amines) is 1. The molecule has 1 atom stereocenters. The lowest BCUT2D eigenvalue weighted by Gasteiger charge is -2.30. The largest absolute Gasteiger partial charge is 0.507 e. The number of hydrogen-bond donors (Lipinski definition) is 2. The van der Waals surface area contributed by atoms with Crippen LogP contribution in [0.15, 0.2) is 18.2 Å². The minimum atomic E-state index is -0.535. The van der Waals surface area contributed by atoms with E-state index in [2.05, 4.69) is 0 Å². The van der Waals surface area contributed by atoms with Gasteiger partial charge in [0.05, 0.1) is 5.56 Å². The summed E-state index contributed by atoms with van der Waals surface area (Å²) in [6, 6.07) is 3.32. The van der Waals surface area contributed by atoms with Gasteiger partial charge in [-0.1, -0.05) is 0 Å². The molecule has 0 bridgehead atoms. The van der Waals surface area contributed by atoms with Crippen molar-refractivity contribution in [2.45, 2.75) is 18.9 Å². The van der Waals surface area contributed by atoms with Crippen molar-refractivity contribution in [2.24, 2.45) is 5.73 Å². The van der Waals surface area contributed by atoms with Gasteiger partial charge in [-0.3, -0.25) is 4.79 Å². The van der Waals surface area contributed by atoms with Crippen molar-refractivity contribution < 1.29 is 14.3 Å². The van der Waals surface area contributed by atoms with Crippen molar-refractivity contribution in [1.82, 2.24) is 4.90 Å². The molecular weight excluding hydrogens is 223 g/mol. The summed E-state index contributed by atoms with van der Waals surface area (Å²) in [6.45, 7) is 1.05. The standard InChI is InChI=1S/C12H15FN2O2/c13-8-3-4-11(16)10(6-8)12(17)15-5-1-2-9(14)7-15/h3-4,6,9,16H,1-2,5,7,14H2. The monoisotopic (exact) mass is 238 g/mol. The molecule has 1 amide bonds. The smallest absolute Gasteiger partial charge is 0.257 e. The zero-order valence-corrected chi connectivity index (χ0v) is 9.40. The topological polar surface area (TPSA) is 66.6 Å². The normalized spacial score (nSPS) is 20.4. The van der Waals surface area contributed by atoms with E-state index in [9.17, 15) is 14.3 Å². The molecule has 4 nitrogen and oxygen atoms in total. The van der Waals surface area contributed by atoms with E-state index in [0.29, 0.717) is 13.1 Å². The molecule has 1 aliphatic heterocycles. The average molecular weight is 238 g/mol. The fourth-order valence-electron chi connectivity index (χ4n) is 2.04. The van der Waals surface area contributed by atoms with E-state index in [0.717, 1.165) is 25.0 Å². The van der Waals surface area contributed by atoms with Crippen LogP contribution in [0.1, 0.15) is 23.2 Å². The van der Waals surface area contributed by atoms with Gasteiger partial charge in [0.2, 0.25) is 0 Å². The number of rotatable bonds is 1. The Morgan fingerprint density at radius 2 is 2.29 bits per heavy atom. The Labute approximate surface area is 98.8 Å². The second kappa shape index (κ2) is 4.71. The van der Waals surface area contributed by atoms with Gasteiger partial charge in [-0.2, -0.15) is 0 Å². The van der Waals surface area contributed by atoms with Gasteiger partial charge in [-0.25, -0.2) is 4.39 Å². The number of amides is 1. The van der Waals surface area contributed by atoms with Crippen LogP contribution >= 0.6 is 0 Å². The van der Waals surface area contributed by atoms with E-state index in [1.165, 1.54) is 6.07 Å². The van der Waals surface area contributed by atoms with Gasteiger partial charge in [0.1, 0.15) is 11.6 Å². The summed E-state index contributed by atoms with van der Waals surface area (Å²) in [5.41, 5.74) is 5.78. The maximum atomic E-state index is 13.0. The van der Waals surface area contributed by atoms with Crippen molar-refractivity contribution >= 4 is 5.91 Å². The van der Waals surface area contributed by atoms with Gasteiger partial charge in [-0.15, -0.1) is 0 Å². The molecule has 2 rings (SSSR count). The predicted molar refractivity (Wildman–Crippen MR) is 61.2 cm³/mol. The van der Waals surface area contributed by atoms with Crippen LogP contribution in [-0.2, 0) is 0 Å². The number of hydrogen-bond acceptors (Lipinski definition) is 3. The van der Waals surface area contributed by atoms with Crippen molar-refractivity contribution in [3.8, 4) is 5.75 Å². The van der Waals surface area contributed by atoms with Gasteiger partial charge < -0.3 is 15.7 Å². The summed E-state index contributed by atoms with van der Waals surface area (Å²) in [7, 11) is 0. The third-order valence-corrected chi connectivity index (χ3v) is 2.93. The highest BCUT2D eigenvalue weighted by atomic mass is 19.1. The van der Waals surface area contributed by atoms with Crippen LogP contribution in [-0.4, -0.2) is 35.0 Å². The van der Waals surface area contributed by atoms with Crippen LogP contribution < -0.4 is 5.73 Å². The summed E-state index contributed by atoms with van der Waals surface area (Å²) in [4.78, 5) is 13.6. The number of nitrogens with two attached hydrogens (primary N) is 1. The summed E-state index contributed by atoms with van der Waals surface area (Å²) < 4.78 is 13.0. The maximum Gasteiger partial charge on any atom is 0.257 e. The first-order valence-corrected chi connectivity index (χ1v) is 5.61. The van der Waals surface area contributed by atoms with Crippen molar-refractivity contribution in [3.63, 3.8) is 0 Å². The molecule has 3 N–H and O–H groups in total. The Bertz CT molecular complexity index is 437. The van der Waals surface area contributed by atoms with Gasteiger partial charge in [0.15, 0.2) is 0 Å². The van der Waals surface area contributed by atoms with Crippen LogP contribution in [0, 0.1) is 5.82 Å². The summed E-state index contributed by atoms with van der Waals surface area (Å²) >= 11 is 0. The Hall–Kier alpha value is -1.62. The molecule has 5 heteroatoms.